The van der Waals surface area contributed by atoms with Crippen molar-refractivity contribution in [3.8, 4) is 22.3 Å². The van der Waals surface area contributed by atoms with E-state index < -0.39 is 0 Å². The second-order valence-corrected chi connectivity index (χ2v) is 18.8. The molecule has 0 saturated carbocycles. The molecule has 4 aliphatic rings. The van der Waals surface area contributed by atoms with Gasteiger partial charge in [-0.3, -0.25) is 0 Å². The van der Waals surface area contributed by atoms with E-state index in [1.165, 1.54) is 112 Å². The van der Waals surface area contributed by atoms with Crippen LogP contribution in [-0.4, -0.2) is 0 Å². The third kappa shape index (κ3) is 5.55. The van der Waals surface area contributed by atoms with Gasteiger partial charge in [-0.15, -0.1) is 0 Å². The zero-order valence-electron chi connectivity index (χ0n) is 36.0. The number of allylic oxidation sites excluding steroid dienone is 2. The minimum Gasteiger partial charge on any atom is -0.310 e. The van der Waals surface area contributed by atoms with Crippen LogP contribution < -0.4 is 9.80 Å². The number of nitrogens with zero attached hydrogens (tertiary/aromatic N) is 2. The van der Waals surface area contributed by atoms with E-state index in [0.717, 1.165) is 25.7 Å². The Balaban J connectivity index is 0.902. The summed E-state index contributed by atoms with van der Waals surface area (Å²) in [7, 11) is 0. The standard InChI is InChI=1S/C60H50N2/c1-59(2)55-21-13-11-19-51(55)53-33-27-45(37-57(53)59)61(41-15-7-5-8-16-41)43-25-31-47-39(35-43)23-29-50-48-32-26-44(36-40(48)24-30-49(47)50)62(42-17-9-6-10-18-42)46-28-34-54-52-20-12-14-22-56(52)60(3,4)58(54)38-46/h5-22,25-28,31-38H,23-24,29-30H2,1-4H3. The molecule has 8 aromatic carbocycles. The number of para-hydroxylation sites is 2. The highest BCUT2D eigenvalue weighted by Crippen LogP contribution is 2.53. The fraction of sp³-hybridized carbons (Fsp3) is 0.167. The van der Waals surface area contributed by atoms with E-state index in [1.54, 1.807) is 0 Å². The third-order valence-corrected chi connectivity index (χ3v) is 14.7. The largest absolute Gasteiger partial charge is 0.310 e. The van der Waals surface area contributed by atoms with Crippen LogP contribution in [0.2, 0.25) is 0 Å². The average molecular weight is 799 g/mol. The lowest BCUT2D eigenvalue weighted by Gasteiger charge is -2.33. The lowest BCUT2D eigenvalue weighted by Crippen LogP contribution is -2.17. The van der Waals surface area contributed by atoms with Gasteiger partial charge in [0, 0.05) is 45.0 Å². The molecular weight excluding hydrogens is 749 g/mol. The van der Waals surface area contributed by atoms with E-state index in [-0.39, 0.29) is 10.8 Å². The molecule has 12 rings (SSSR count). The van der Waals surface area contributed by atoms with Gasteiger partial charge in [0.2, 0.25) is 0 Å². The normalized spacial score (nSPS) is 15.7. The summed E-state index contributed by atoms with van der Waals surface area (Å²) in [5.41, 5.74) is 26.9. The Kier molecular flexibility index (Phi) is 8.22. The number of benzene rings is 8. The zero-order valence-corrected chi connectivity index (χ0v) is 36.0. The molecular formula is C60H50N2. The SMILES string of the molecule is CC1(C)c2ccccc2-c2ccc(N(c3ccccc3)c3ccc4c(c3)CCC3=C4CCc4cc(N(c5ccccc5)c5ccc6c(c5)C(C)(C)c5ccccc5-6)ccc43)cc21. The maximum absolute atomic E-state index is 2.48. The summed E-state index contributed by atoms with van der Waals surface area (Å²) in [5, 5.41) is 0. The first kappa shape index (κ1) is 36.9. The smallest absolute Gasteiger partial charge is 0.0465 e. The molecule has 0 atom stereocenters. The Labute approximate surface area is 366 Å². The van der Waals surface area contributed by atoms with Crippen molar-refractivity contribution in [1.82, 2.24) is 0 Å². The van der Waals surface area contributed by atoms with Crippen LogP contribution in [-0.2, 0) is 23.7 Å². The first-order chi connectivity index (χ1) is 30.3. The molecule has 2 nitrogen and oxygen atoms in total. The summed E-state index contributed by atoms with van der Waals surface area (Å²) >= 11 is 0. The van der Waals surface area contributed by atoms with Crippen LogP contribution in [0, 0.1) is 0 Å². The molecule has 2 heteroatoms. The van der Waals surface area contributed by atoms with Gasteiger partial charge in [-0.25, -0.2) is 0 Å². The van der Waals surface area contributed by atoms with Crippen LogP contribution in [0.1, 0.15) is 85.0 Å². The van der Waals surface area contributed by atoms with Crippen molar-refractivity contribution in [2.24, 2.45) is 0 Å². The van der Waals surface area contributed by atoms with E-state index >= 15 is 0 Å². The summed E-state index contributed by atoms with van der Waals surface area (Å²) < 4.78 is 0. The van der Waals surface area contributed by atoms with Gasteiger partial charge >= 0.3 is 0 Å². The molecule has 62 heavy (non-hydrogen) atoms. The molecule has 300 valence electrons. The van der Waals surface area contributed by atoms with Gasteiger partial charge in [0.05, 0.1) is 0 Å². The lowest BCUT2D eigenvalue weighted by molar-refractivity contribution is 0.660. The summed E-state index contributed by atoms with van der Waals surface area (Å²) in [4.78, 5) is 4.92. The molecule has 0 aromatic heterocycles. The predicted molar refractivity (Wildman–Crippen MR) is 261 cm³/mol. The minimum absolute atomic E-state index is 0.0626. The Morgan fingerprint density at radius 1 is 0.290 bits per heavy atom. The fourth-order valence-corrected chi connectivity index (χ4v) is 11.6. The Bertz CT molecular complexity index is 2920. The van der Waals surface area contributed by atoms with Gasteiger partial charge in [-0.1, -0.05) is 137 Å². The Morgan fingerprint density at radius 3 is 1.05 bits per heavy atom. The van der Waals surface area contributed by atoms with Crippen molar-refractivity contribution in [2.75, 3.05) is 9.80 Å². The highest BCUT2D eigenvalue weighted by atomic mass is 15.1. The molecule has 0 bridgehead atoms. The molecule has 0 saturated heterocycles. The maximum Gasteiger partial charge on any atom is 0.0465 e. The fourth-order valence-electron chi connectivity index (χ4n) is 11.6. The number of rotatable bonds is 6. The van der Waals surface area contributed by atoms with E-state index in [9.17, 15) is 0 Å². The molecule has 0 radical (unpaired) electrons. The first-order valence-corrected chi connectivity index (χ1v) is 22.4. The second-order valence-electron chi connectivity index (χ2n) is 18.8. The van der Waals surface area contributed by atoms with Gasteiger partial charge in [0.15, 0.2) is 0 Å². The van der Waals surface area contributed by atoms with Gasteiger partial charge in [-0.05, 0) is 176 Å². The number of aryl methyl sites for hydroxylation is 2. The van der Waals surface area contributed by atoms with Crippen LogP contribution in [0.3, 0.4) is 0 Å². The van der Waals surface area contributed by atoms with Gasteiger partial charge < -0.3 is 9.80 Å². The molecule has 0 spiro atoms. The highest BCUT2D eigenvalue weighted by Gasteiger charge is 2.37. The molecule has 4 aliphatic carbocycles. The van der Waals surface area contributed by atoms with E-state index in [2.05, 4.69) is 219 Å². The average Bonchev–Trinajstić information content (AvgIpc) is 3.68. The second kappa shape index (κ2) is 13.8. The molecule has 8 aromatic rings. The predicted octanol–water partition coefficient (Wildman–Crippen LogP) is 16.0. The van der Waals surface area contributed by atoms with Crippen molar-refractivity contribution in [3.05, 3.63) is 226 Å². The highest BCUT2D eigenvalue weighted by molar-refractivity contribution is 5.97. The molecule has 0 fully saturated rings. The van der Waals surface area contributed by atoms with Gasteiger partial charge in [0.25, 0.3) is 0 Å². The van der Waals surface area contributed by atoms with Crippen molar-refractivity contribution in [1.29, 1.82) is 0 Å². The van der Waals surface area contributed by atoms with Crippen molar-refractivity contribution in [3.63, 3.8) is 0 Å². The Hall–Kier alpha value is -6.90. The zero-order chi connectivity index (χ0) is 41.7. The molecule has 0 N–H and O–H groups in total. The summed E-state index contributed by atoms with van der Waals surface area (Å²) in [5.74, 6) is 0. The van der Waals surface area contributed by atoms with Crippen LogP contribution in [0.15, 0.2) is 182 Å². The quantitative estimate of drug-likeness (QED) is 0.165. The van der Waals surface area contributed by atoms with Crippen LogP contribution in [0.4, 0.5) is 34.1 Å². The third-order valence-electron chi connectivity index (χ3n) is 14.7. The summed E-state index contributed by atoms with van der Waals surface area (Å²) in [6.07, 6.45) is 4.17. The number of anilines is 6. The molecule has 0 aliphatic heterocycles. The van der Waals surface area contributed by atoms with Crippen molar-refractivity contribution in [2.45, 2.75) is 64.2 Å². The number of hydrogen-bond acceptors (Lipinski definition) is 2. The van der Waals surface area contributed by atoms with Crippen LogP contribution >= 0.6 is 0 Å². The Morgan fingerprint density at radius 2 is 0.629 bits per heavy atom. The van der Waals surface area contributed by atoms with Gasteiger partial charge in [-0.2, -0.15) is 0 Å². The van der Waals surface area contributed by atoms with Crippen molar-refractivity contribution >= 4 is 45.3 Å². The molecule has 0 unspecified atom stereocenters. The van der Waals surface area contributed by atoms with Crippen molar-refractivity contribution < 1.29 is 0 Å². The van der Waals surface area contributed by atoms with E-state index in [4.69, 9.17) is 0 Å². The van der Waals surface area contributed by atoms with Crippen LogP contribution in [0.5, 0.6) is 0 Å². The van der Waals surface area contributed by atoms with E-state index in [0.29, 0.717) is 0 Å². The summed E-state index contributed by atoms with van der Waals surface area (Å²) in [6, 6.07) is 68.4. The molecule has 0 heterocycles. The van der Waals surface area contributed by atoms with Gasteiger partial charge in [0.1, 0.15) is 0 Å². The molecule has 0 amide bonds. The topological polar surface area (TPSA) is 6.48 Å². The monoisotopic (exact) mass is 798 g/mol. The minimum atomic E-state index is -0.0626. The number of hydrogen-bond donors (Lipinski definition) is 0. The summed E-state index contributed by atoms with van der Waals surface area (Å²) in [6.45, 7) is 9.48. The lowest BCUT2D eigenvalue weighted by atomic mass is 9.75. The van der Waals surface area contributed by atoms with Crippen LogP contribution in [0.25, 0.3) is 33.4 Å². The maximum atomic E-state index is 2.48. The van der Waals surface area contributed by atoms with E-state index in [1.807, 2.05) is 0 Å². The number of fused-ring (bicyclic) bond motifs is 10. The first-order valence-electron chi connectivity index (χ1n) is 22.4.